The number of hydrogen-bond donors (Lipinski definition) is 1. The third-order valence-corrected chi connectivity index (χ3v) is 5.25. The normalized spacial score (nSPS) is 11.5. The molecule has 0 fully saturated rings. The molecule has 0 spiro atoms. The van der Waals surface area contributed by atoms with Crippen LogP contribution in [0.25, 0.3) is 0 Å². The smallest absolute Gasteiger partial charge is 0.242 e. The van der Waals surface area contributed by atoms with Crippen molar-refractivity contribution in [1.29, 1.82) is 0 Å². The Bertz CT molecular complexity index is 735. The number of benzene rings is 2. The van der Waals surface area contributed by atoms with Crippen molar-refractivity contribution in [3.8, 4) is 5.75 Å². The number of amides is 2. The topological polar surface area (TPSA) is 58.6 Å². The highest BCUT2D eigenvalue weighted by Gasteiger charge is 2.27. The number of methoxy groups -OCH3 is 1. The lowest BCUT2D eigenvalue weighted by Gasteiger charge is -2.30. The highest BCUT2D eigenvalue weighted by molar-refractivity contribution is 8.00. The molecule has 0 aromatic heterocycles. The summed E-state index contributed by atoms with van der Waals surface area (Å²) in [4.78, 5) is 28.0. The van der Waals surface area contributed by atoms with E-state index in [0.717, 1.165) is 16.2 Å². The van der Waals surface area contributed by atoms with Gasteiger partial charge in [0.1, 0.15) is 11.8 Å². The van der Waals surface area contributed by atoms with Gasteiger partial charge in [0, 0.05) is 18.5 Å². The Kier molecular flexibility index (Phi) is 8.20. The quantitative estimate of drug-likeness (QED) is 0.672. The Morgan fingerprint density at radius 3 is 2.33 bits per heavy atom. The average molecular weight is 387 g/mol. The summed E-state index contributed by atoms with van der Waals surface area (Å²) < 4.78 is 5.19. The molecule has 1 N–H and O–H groups in total. The summed E-state index contributed by atoms with van der Waals surface area (Å²) >= 11 is 1.48. The SMILES string of the molecule is CCC(C(=O)NC)N(Cc1ccc(OC)cc1)C(=O)CSc1ccccc1. The molecule has 0 saturated carbocycles. The predicted molar refractivity (Wildman–Crippen MR) is 109 cm³/mol. The molecule has 2 amide bonds. The average Bonchev–Trinajstić information content (AvgIpc) is 2.72. The number of rotatable bonds is 9. The maximum absolute atomic E-state index is 13.0. The van der Waals surface area contributed by atoms with Gasteiger partial charge in [-0.15, -0.1) is 11.8 Å². The van der Waals surface area contributed by atoms with E-state index in [9.17, 15) is 9.59 Å². The first-order chi connectivity index (χ1) is 13.1. The zero-order chi connectivity index (χ0) is 19.6. The number of carbonyl (C=O) groups excluding carboxylic acids is 2. The number of nitrogens with zero attached hydrogens (tertiary/aromatic N) is 1. The molecule has 0 heterocycles. The summed E-state index contributed by atoms with van der Waals surface area (Å²) in [6.45, 7) is 2.29. The van der Waals surface area contributed by atoms with E-state index >= 15 is 0 Å². The molecule has 1 atom stereocenters. The molecule has 1 unspecified atom stereocenters. The molecule has 0 radical (unpaired) electrons. The summed E-state index contributed by atoms with van der Waals surface area (Å²) in [5.41, 5.74) is 0.955. The number of likely N-dealkylation sites (N-methyl/N-ethyl adjacent to an activating group) is 1. The first-order valence-corrected chi connectivity index (χ1v) is 9.89. The van der Waals surface area contributed by atoms with Crippen molar-refractivity contribution in [1.82, 2.24) is 10.2 Å². The fourth-order valence-corrected chi connectivity index (χ4v) is 3.56. The van der Waals surface area contributed by atoms with E-state index in [1.165, 1.54) is 11.8 Å². The monoisotopic (exact) mass is 386 g/mol. The summed E-state index contributed by atoms with van der Waals surface area (Å²) in [6, 6.07) is 16.8. The summed E-state index contributed by atoms with van der Waals surface area (Å²) in [7, 11) is 3.21. The van der Waals surface area contributed by atoms with E-state index in [1.54, 1.807) is 19.1 Å². The van der Waals surface area contributed by atoms with E-state index in [1.807, 2.05) is 61.5 Å². The van der Waals surface area contributed by atoms with Crippen LogP contribution in [-0.4, -0.2) is 42.7 Å². The highest BCUT2D eigenvalue weighted by atomic mass is 32.2. The van der Waals surface area contributed by atoms with Crippen LogP contribution >= 0.6 is 11.8 Å². The van der Waals surface area contributed by atoms with E-state index < -0.39 is 6.04 Å². The van der Waals surface area contributed by atoms with Crippen LogP contribution in [0.4, 0.5) is 0 Å². The number of nitrogens with one attached hydrogen (secondary N) is 1. The van der Waals surface area contributed by atoms with Gasteiger partial charge in [-0.3, -0.25) is 9.59 Å². The van der Waals surface area contributed by atoms with Gasteiger partial charge in [0.15, 0.2) is 0 Å². The standard InChI is InChI=1S/C21H26N2O3S/c1-4-19(21(25)22-2)23(14-16-10-12-17(26-3)13-11-16)20(24)15-27-18-8-6-5-7-9-18/h5-13,19H,4,14-15H2,1-3H3,(H,22,25). The maximum atomic E-state index is 13.0. The zero-order valence-corrected chi connectivity index (χ0v) is 16.8. The van der Waals surface area contributed by atoms with Gasteiger partial charge in [-0.25, -0.2) is 0 Å². The van der Waals surface area contributed by atoms with Crippen molar-refractivity contribution in [3.05, 3.63) is 60.2 Å². The zero-order valence-electron chi connectivity index (χ0n) is 16.0. The van der Waals surface area contributed by atoms with Gasteiger partial charge in [-0.2, -0.15) is 0 Å². The summed E-state index contributed by atoms with van der Waals surface area (Å²) in [5.74, 6) is 0.835. The molecule has 6 heteroatoms. The minimum Gasteiger partial charge on any atom is -0.497 e. The molecule has 2 rings (SSSR count). The molecule has 2 aromatic carbocycles. The Labute approximate surface area is 165 Å². The van der Waals surface area contributed by atoms with Crippen molar-refractivity contribution in [3.63, 3.8) is 0 Å². The third kappa shape index (κ3) is 6.03. The minimum absolute atomic E-state index is 0.0601. The summed E-state index contributed by atoms with van der Waals surface area (Å²) in [6.07, 6.45) is 0.553. The van der Waals surface area contributed by atoms with E-state index in [2.05, 4.69) is 5.32 Å². The van der Waals surface area contributed by atoms with Crippen molar-refractivity contribution in [2.75, 3.05) is 19.9 Å². The van der Waals surface area contributed by atoms with Crippen LogP contribution in [0.1, 0.15) is 18.9 Å². The first-order valence-electron chi connectivity index (χ1n) is 8.90. The van der Waals surface area contributed by atoms with Crippen LogP contribution < -0.4 is 10.1 Å². The van der Waals surface area contributed by atoms with Crippen LogP contribution in [0.5, 0.6) is 5.75 Å². The maximum Gasteiger partial charge on any atom is 0.242 e. The molecule has 144 valence electrons. The molecular weight excluding hydrogens is 360 g/mol. The fourth-order valence-electron chi connectivity index (χ4n) is 2.76. The Balaban J connectivity index is 2.16. The second-order valence-electron chi connectivity index (χ2n) is 6.01. The van der Waals surface area contributed by atoms with Gasteiger partial charge in [0.2, 0.25) is 11.8 Å². The fraction of sp³-hybridized carbons (Fsp3) is 0.333. The number of hydrogen-bond acceptors (Lipinski definition) is 4. The molecule has 0 aliphatic heterocycles. The Morgan fingerprint density at radius 1 is 1.11 bits per heavy atom. The van der Waals surface area contributed by atoms with Crippen LogP contribution in [-0.2, 0) is 16.1 Å². The predicted octanol–water partition coefficient (Wildman–Crippen LogP) is 3.34. The molecule has 27 heavy (non-hydrogen) atoms. The lowest BCUT2D eigenvalue weighted by atomic mass is 10.1. The van der Waals surface area contributed by atoms with Gasteiger partial charge in [-0.05, 0) is 36.2 Å². The van der Waals surface area contributed by atoms with Crippen LogP contribution in [0.2, 0.25) is 0 Å². The molecule has 2 aromatic rings. The Morgan fingerprint density at radius 2 is 1.78 bits per heavy atom. The number of ether oxygens (including phenoxy) is 1. The molecule has 0 saturated heterocycles. The third-order valence-electron chi connectivity index (χ3n) is 4.25. The van der Waals surface area contributed by atoms with Crippen LogP contribution in [0.3, 0.4) is 0 Å². The van der Waals surface area contributed by atoms with E-state index in [-0.39, 0.29) is 17.6 Å². The van der Waals surface area contributed by atoms with E-state index in [4.69, 9.17) is 4.74 Å². The molecule has 0 aliphatic carbocycles. The minimum atomic E-state index is -0.499. The van der Waals surface area contributed by atoms with Gasteiger partial charge in [-0.1, -0.05) is 37.3 Å². The second kappa shape index (κ2) is 10.6. The van der Waals surface area contributed by atoms with Crippen LogP contribution in [0.15, 0.2) is 59.5 Å². The van der Waals surface area contributed by atoms with Crippen molar-refractivity contribution < 1.29 is 14.3 Å². The van der Waals surface area contributed by atoms with Crippen molar-refractivity contribution in [2.45, 2.75) is 30.8 Å². The van der Waals surface area contributed by atoms with Crippen molar-refractivity contribution in [2.24, 2.45) is 0 Å². The number of thioether (sulfide) groups is 1. The van der Waals surface area contributed by atoms with Gasteiger partial charge >= 0.3 is 0 Å². The van der Waals surface area contributed by atoms with E-state index in [0.29, 0.717) is 13.0 Å². The van der Waals surface area contributed by atoms with Gasteiger partial charge in [0.25, 0.3) is 0 Å². The molecular formula is C21H26N2O3S. The molecule has 0 bridgehead atoms. The van der Waals surface area contributed by atoms with Crippen LogP contribution in [0, 0.1) is 0 Å². The van der Waals surface area contributed by atoms with Gasteiger partial charge in [0.05, 0.1) is 12.9 Å². The lowest BCUT2D eigenvalue weighted by Crippen LogP contribution is -2.48. The second-order valence-corrected chi connectivity index (χ2v) is 7.06. The number of carbonyl (C=O) groups is 2. The molecule has 0 aliphatic rings. The summed E-state index contributed by atoms with van der Waals surface area (Å²) in [5, 5.41) is 2.67. The van der Waals surface area contributed by atoms with Gasteiger partial charge < -0.3 is 15.0 Å². The lowest BCUT2D eigenvalue weighted by molar-refractivity contribution is -0.139. The Hall–Kier alpha value is -2.47. The first kappa shape index (κ1) is 20.8. The highest BCUT2D eigenvalue weighted by Crippen LogP contribution is 2.21. The van der Waals surface area contributed by atoms with Crippen molar-refractivity contribution >= 4 is 23.6 Å². The molecule has 5 nitrogen and oxygen atoms in total. The largest absolute Gasteiger partial charge is 0.497 e.